The molecule has 1 saturated heterocycles. The molecule has 1 aromatic rings. The van der Waals surface area contributed by atoms with Crippen LogP contribution in [0.2, 0.25) is 0 Å². The summed E-state index contributed by atoms with van der Waals surface area (Å²) in [5, 5.41) is 20.6. The smallest absolute Gasteiger partial charge is 0.411 e. The molecule has 0 aromatic heterocycles. The molecule has 1 amide bonds. The van der Waals surface area contributed by atoms with E-state index in [1.165, 1.54) is 12.1 Å². The molecular formula is C16H19BrN2O7. The number of rotatable bonds is 4. The van der Waals surface area contributed by atoms with Gasteiger partial charge in [0.05, 0.1) is 11.5 Å². The van der Waals surface area contributed by atoms with Crippen LogP contribution in [0.5, 0.6) is 5.75 Å². The summed E-state index contributed by atoms with van der Waals surface area (Å²) in [6.45, 7) is 4.99. The van der Waals surface area contributed by atoms with E-state index in [1.807, 2.05) is 0 Å². The van der Waals surface area contributed by atoms with Crippen LogP contribution in [0.1, 0.15) is 27.2 Å². The van der Waals surface area contributed by atoms with Gasteiger partial charge in [0, 0.05) is 17.0 Å². The van der Waals surface area contributed by atoms with Gasteiger partial charge in [0.15, 0.2) is 5.75 Å². The van der Waals surface area contributed by atoms with Crippen LogP contribution in [0, 0.1) is 10.1 Å². The van der Waals surface area contributed by atoms with Gasteiger partial charge in [0.2, 0.25) is 0 Å². The van der Waals surface area contributed by atoms with Crippen LogP contribution >= 0.6 is 15.9 Å². The van der Waals surface area contributed by atoms with Gasteiger partial charge in [-0.25, -0.2) is 9.59 Å². The highest BCUT2D eigenvalue weighted by molar-refractivity contribution is 9.10. The molecule has 0 aliphatic carbocycles. The van der Waals surface area contributed by atoms with E-state index in [4.69, 9.17) is 9.47 Å². The zero-order chi connectivity index (χ0) is 19.6. The third-order valence-electron chi connectivity index (χ3n) is 3.59. The number of carbonyl (C=O) groups is 2. The molecule has 0 bridgehead atoms. The van der Waals surface area contributed by atoms with E-state index < -0.39 is 34.7 Å². The number of nitro groups is 1. The number of nitrogens with zero attached hydrogens (tertiary/aromatic N) is 2. The van der Waals surface area contributed by atoms with Crippen molar-refractivity contribution in [2.75, 3.05) is 6.54 Å². The highest BCUT2D eigenvalue weighted by Gasteiger charge is 2.43. The zero-order valence-corrected chi connectivity index (χ0v) is 16.1. The molecule has 10 heteroatoms. The normalized spacial score (nSPS) is 19.9. The maximum Gasteiger partial charge on any atom is 0.411 e. The van der Waals surface area contributed by atoms with Gasteiger partial charge in [-0.15, -0.1) is 0 Å². The molecule has 0 spiro atoms. The van der Waals surface area contributed by atoms with E-state index in [1.54, 1.807) is 26.8 Å². The van der Waals surface area contributed by atoms with E-state index in [9.17, 15) is 24.8 Å². The van der Waals surface area contributed by atoms with Gasteiger partial charge in [0.25, 0.3) is 0 Å². The number of ether oxygens (including phenoxy) is 2. The van der Waals surface area contributed by atoms with Crippen LogP contribution in [0.15, 0.2) is 22.7 Å². The number of hydrogen-bond acceptors (Lipinski definition) is 6. The van der Waals surface area contributed by atoms with Gasteiger partial charge < -0.3 is 14.6 Å². The first-order valence-electron chi connectivity index (χ1n) is 7.81. The van der Waals surface area contributed by atoms with Gasteiger partial charge >= 0.3 is 17.7 Å². The number of benzene rings is 1. The van der Waals surface area contributed by atoms with Crippen molar-refractivity contribution in [3.63, 3.8) is 0 Å². The number of likely N-dealkylation sites (tertiary alicyclic amines) is 1. The standard InChI is InChI=1S/C16H19BrN2O7/c1-16(2,3)26-15(22)18-8-10(7-12(18)14(20)21)25-13-5-4-9(17)6-11(13)19(23)24/h4-6,10,12H,7-8H2,1-3H3,(H,20,21)/t10-,12+/m1/s1. The third-order valence-corrected chi connectivity index (χ3v) is 4.08. The molecule has 0 unspecified atom stereocenters. The first-order chi connectivity index (χ1) is 12.0. The summed E-state index contributed by atoms with van der Waals surface area (Å²) in [7, 11) is 0. The summed E-state index contributed by atoms with van der Waals surface area (Å²) < 4.78 is 11.4. The summed E-state index contributed by atoms with van der Waals surface area (Å²) in [6, 6.07) is 3.18. The van der Waals surface area contributed by atoms with Crippen LogP contribution in [0.25, 0.3) is 0 Å². The molecule has 2 rings (SSSR count). The fourth-order valence-electron chi connectivity index (χ4n) is 2.55. The Morgan fingerprint density at radius 1 is 1.38 bits per heavy atom. The van der Waals surface area contributed by atoms with Crippen molar-refractivity contribution in [2.24, 2.45) is 0 Å². The second-order valence-electron chi connectivity index (χ2n) is 6.83. The average molecular weight is 431 g/mol. The largest absolute Gasteiger partial charge is 0.482 e. The predicted octanol–water partition coefficient (Wildman–Crippen LogP) is 3.20. The number of amides is 1. The lowest BCUT2D eigenvalue weighted by atomic mass is 10.2. The van der Waals surface area contributed by atoms with E-state index in [0.29, 0.717) is 4.47 Å². The number of hydrogen-bond donors (Lipinski definition) is 1. The van der Waals surface area contributed by atoms with Gasteiger partial charge in [-0.1, -0.05) is 15.9 Å². The van der Waals surface area contributed by atoms with Gasteiger partial charge in [-0.3, -0.25) is 15.0 Å². The molecule has 0 radical (unpaired) electrons. The summed E-state index contributed by atoms with van der Waals surface area (Å²) in [6.07, 6.45) is -1.47. The van der Waals surface area contributed by atoms with Gasteiger partial charge in [0.1, 0.15) is 17.7 Å². The maximum atomic E-state index is 12.3. The lowest BCUT2D eigenvalue weighted by Crippen LogP contribution is -2.43. The minimum atomic E-state index is -1.19. The van der Waals surface area contributed by atoms with E-state index >= 15 is 0 Å². The van der Waals surface area contributed by atoms with Crippen molar-refractivity contribution in [1.82, 2.24) is 4.90 Å². The van der Waals surface area contributed by atoms with Gasteiger partial charge in [-0.2, -0.15) is 0 Å². The van der Waals surface area contributed by atoms with Crippen molar-refractivity contribution < 1.29 is 29.1 Å². The minimum Gasteiger partial charge on any atom is -0.482 e. The number of aliphatic carboxylic acids is 1. The second-order valence-corrected chi connectivity index (χ2v) is 7.75. The quantitative estimate of drug-likeness (QED) is 0.574. The summed E-state index contributed by atoms with van der Waals surface area (Å²) >= 11 is 3.16. The van der Waals surface area contributed by atoms with Crippen LogP contribution in [0.4, 0.5) is 10.5 Å². The Kier molecular flexibility index (Phi) is 5.74. The Bertz CT molecular complexity index is 732. The Balaban J connectivity index is 2.19. The fraction of sp³-hybridized carbons (Fsp3) is 0.500. The Labute approximate surface area is 158 Å². The van der Waals surface area contributed by atoms with E-state index in [0.717, 1.165) is 4.90 Å². The molecule has 1 N–H and O–H groups in total. The Morgan fingerprint density at radius 3 is 2.58 bits per heavy atom. The maximum absolute atomic E-state index is 12.3. The molecular weight excluding hydrogens is 412 g/mol. The number of halogens is 1. The first-order valence-corrected chi connectivity index (χ1v) is 8.60. The van der Waals surface area contributed by atoms with Crippen molar-refractivity contribution in [3.8, 4) is 5.75 Å². The van der Waals surface area contributed by atoms with Crippen molar-refractivity contribution >= 4 is 33.7 Å². The summed E-state index contributed by atoms with van der Waals surface area (Å²) in [5.74, 6) is -1.18. The van der Waals surface area contributed by atoms with Gasteiger partial charge in [-0.05, 0) is 32.9 Å². The molecule has 1 fully saturated rings. The molecule has 1 aromatic carbocycles. The molecule has 1 heterocycles. The molecule has 2 atom stereocenters. The molecule has 26 heavy (non-hydrogen) atoms. The lowest BCUT2D eigenvalue weighted by molar-refractivity contribution is -0.386. The number of carbonyl (C=O) groups excluding carboxylic acids is 1. The van der Waals surface area contributed by atoms with Crippen LogP contribution in [-0.2, 0) is 9.53 Å². The molecule has 142 valence electrons. The number of nitro benzene ring substituents is 1. The molecule has 0 saturated carbocycles. The highest BCUT2D eigenvalue weighted by atomic mass is 79.9. The number of carboxylic acids is 1. The molecule has 1 aliphatic rings. The minimum absolute atomic E-state index is 0.00178. The summed E-state index contributed by atoms with van der Waals surface area (Å²) in [4.78, 5) is 35.4. The van der Waals surface area contributed by atoms with E-state index in [-0.39, 0.29) is 24.4 Å². The zero-order valence-electron chi connectivity index (χ0n) is 14.5. The van der Waals surface area contributed by atoms with Crippen molar-refractivity contribution in [3.05, 3.63) is 32.8 Å². The summed E-state index contributed by atoms with van der Waals surface area (Å²) in [5.41, 5.74) is -1.02. The highest BCUT2D eigenvalue weighted by Crippen LogP contribution is 2.33. The second kappa shape index (κ2) is 7.48. The van der Waals surface area contributed by atoms with Crippen molar-refractivity contribution in [2.45, 2.75) is 44.9 Å². The fourth-order valence-corrected chi connectivity index (χ4v) is 2.90. The average Bonchev–Trinajstić information content (AvgIpc) is 2.91. The Hall–Kier alpha value is -2.36. The molecule has 1 aliphatic heterocycles. The van der Waals surface area contributed by atoms with Crippen LogP contribution in [-0.4, -0.2) is 51.3 Å². The number of carboxylic acid groups (broad SMARTS) is 1. The van der Waals surface area contributed by atoms with Crippen LogP contribution in [0.3, 0.4) is 0 Å². The Morgan fingerprint density at radius 2 is 2.04 bits per heavy atom. The third kappa shape index (κ3) is 4.84. The predicted molar refractivity (Wildman–Crippen MR) is 94.2 cm³/mol. The lowest BCUT2D eigenvalue weighted by Gasteiger charge is -2.26. The molecule has 9 nitrogen and oxygen atoms in total. The van der Waals surface area contributed by atoms with Crippen molar-refractivity contribution in [1.29, 1.82) is 0 Å². The topological polar surface area (TPSA) is 119 Å². The SMILES string of the molecule is CC(C)(C)OC(=O)N1C[C@H](Oc2ccc(Br)cc2[N+](=O)[O-])C[C@H]1C(=O)O. The van der Waals surface area contributed by atoms with E-state index in [2.05, 4.69) is 15.9 Å². The van der Waals surface area contributed by atoms with Crippen LogP contribution < -0.4 is 4.74 Å². The monoisotopic (exact) mass is 430 g/mol. The first kappa shape index (κ1) is 20.0.